The molecule has 1 aromatic rings. The van der Waals surface area contributed by atoms with Gasteiger partial charge in [-0.2, -0.15) is 0 Å². The lowest BCUT2D eigenvalue weighted by Gasteiger charge is -2.07. The summed E-state index contributed by atoms with van der Waals surface area (Å²) >= 11 is 0. The lowest BCUT2D eigenvalue weighted by atomic mass is 10.1. The first-order chi connectivity index (χ1) is 7.19. The number of methoxy groups -OCH3 is 1. The van der Waals surface area contributed by atoms with Crippen molar-refractivity contribution < 1.29 is 9.47 Å². The van der Waals surface area contributed by atoms with Crippen molar-refractivity contribution in [2.75, 3.05) is 13.7 Å². The maximum atomic E-state index is 7.58. The summed E-state index contributed by atoms with van der Waals surface area (Å²) < 4.78 is 10.1. The Bertz CT molecular complexity index is 354. The van der Waals surface area contributed by atoms with E-state index in [0.717, 1.165) is 11.1 Å². The summed E-state index contributed by atoms with van der Waals surface area (Å²) in [6, 6.07) is 7.35. The topological polar surface area (TPSA) is 42.3 Å². The summed E-state index contributed by atoms with van der Waals surface area (Å²) in [6.45, 7) is 6.11. The van der Waals surface area contributed by atoms with Crippen molar-refractivity contribution >= 4 is 11.7 Å². The van der Waals surface area contributed by atoms with Crippen LogP contribution in [0.2, 0.25) is 0 Å². The fourth-order valence-corrected chi connectivity index (χ4v) is 1.15. The third kappa shape index (κ3) is 2.84. The van der Waals surface area contributed by atoms with Crippen LogP contribution in [0.5, 0.6) is 0 Å². The summed E-state index contributed by atoms with van der Waals surface area (Å²) in [5.41, 5.74) is 1.66. The Hall–Kier alpha value is -1.77. The number of ether oxygens (including phenoxy) is 2. The highest BCUT2D eigenvalue weighted by molar-refractivity contribution is 5.91. The molecule has 0 fully saturated rings. The van der Waals surface area contributed by atoms with Crippen LogP contribution in [-0.4, -0.2) is 19.6 Å². The van der Waals surface area contributed by atoms with E-state index in [2.05, 4.69) is 6.58 Å². The molecule has 15 heavy (non-hydrogen) atoms. The van der Waals surface area contributed by atoms with E-state index in [9.17, 15) is 0 Å². The van der Waals surface area contributed by atoms with Crippen molar-refractivity contribution in [3.05, 3.63) is 42.0 Å². The fraction of sp³-hybridized carbons (Fsp3) is 0.250. The molecule has 0 aliphatic heterocycles. The maximum Gasteiger partial charge on any atom is 0.213 e. The van der Waals surface area contributed by atoms with E-state index in [4.69, 9.17) is 14.9 Å². The van der Waals surface area contributed by atoms with Crippen LogP contribution in [0.25, 0.3) is 5.76 Å². The Morgan fingerprint density at radius 2 is 1.80 bits per heavy atom. The first-order valence-corrected chi connectivity index (χ1v) is 4.74. The van der Waals surface area contributed by atoms with Gasteiger partial charge in [0.1, 0.15) is 5.76 Å². The molecule has 0 saturated carbocycles. The molecule has 0 unspecified atom stereocenters. The highest BCUT2D eigenvalue weighted by Crippen LogP contribution is 2.14. The monoisotopic (exact) mass is 205 g/mol. The Morgan fingerprint density at radius 3 is 2.27 bits per heavy atom. The molecule has 1 rings (SSSR count). The van der Waals surface area contributed by atoms with Gasteiger partial charge in [0.2, 0.25) is 5.90 Å². The molecule has 0 aliphatic carbocycles. The zero-order chi connectivity index (χ0) is 11.3. The summed E-state index contributed by atoms with van der Waals surface area (Å²) in [5.74, 6) is 0.802. The largest absolute Gasteiger partial charge is 0.497 e. The molecule has 3 nitrogen and oxygen atoms in total. The van der Waals surface area contributed by atoms with Crippen molar-refractivity contribution in [1.29, 1.82) is 5.41 Å². The average Bonchev–Trinajstić information content (AvgIpc) is 2.28. The molecule has 80 valence electrons. The molecular formula is C12H15NO2. The lowest BCUT2D eigenvalue weighted by Crippen LogP contribution is -2.04. The van der Waals surface area contributed by atoms with Crippen LogP contribution in [0.15, 0.2) is 30.8 Å². The van der Waals surface area contributed by atoms with Gasteiger partial charge in [-0.15, -0.1) is 0 Å². The van der Waals surface area contributed by atoms with Crippen molar-refractivity contribution in [3.8, 4) is 0 Å². The Morgan fingerprint density at radius 1 is 1.27 bits per heavy atom. The molecule has 0 radical (unpaired) electrons. The quantitative estimate of drug-likeness (QED) is 0.466. The Labute approximate surface area is 89.8 Å². The van der Waals surface area contributed by atoms with Gasteiger partial charge >= 0.3 is 0 Å². The minimum atomic E-state index is 0.187. The zero-order valence-corrected chi connectivity index (χ0v) is 9.04. The summed E-state index contributed by atoms with van der Waals surface area (Å²) in [5, 5.41) is 7.58. The number of hydrogen-bond donors (Lipinski definition) is 1. The van der Waals surface area contributed by atoms with Crippen molar-refractivity contribution in [1.82, 2.24) is 0 Å². The van der Waals surface area contributed by atoms with Crippen LogP contribution < -0.4 is 0 Å². The standard InChI is InChI=1S/C12H15NO2/c1-4-15-12(13)11-7-5-10(6-8-11)9(2)14-3/h5-8,13H,2,4H2,1,3H3. The van der Waals surface area contributed by atoms with Gasteiger partial charge in [0.25, 0.3) is 0 Å². The Kier molecular flexibility index (Phi) is 3.92. The number of hydrogen-bond acceptors (Lipinski definition) is 3. The van der Waals surface area contributed by atoms with Gasteiger partial charge in [-0.1, -0.05) is 18.7 Å². The van der Waals surface area contributed by atoms with E-state index in [1.54, 1.807) is 7.11 Å². The molecule has 1 N–H and O–H groups in total. The highest BCUT2D eigenvalue weighted by atomic mass is 16.5. The van der Waals surface area contributed by atoms with Crippen LogP contribution in [0, 0.1) is 5.41 Å². The van der Waals surface area contributed by atoms with E-state index in [1.165, 1.54) is 0 Å². The molecule has 3 heteroatoms. The van der Waals surface area contributed by atoms with Crippen molar-refractivity contribution in [2.24, 2.45) is 0 Å². The van der Waals surface area contributed by atoms with Gasteiger partial charge in [0.15, 0.2) is 0 Å². The van der Waals surface area contributed by atoms with Crippen molar-refractivity contribution in [3.63, 3.8) is 0 Å². The predicted octanol–water partition coefficient (Wildman–Crippen LogP) is 2.67. The summed E-state index contributed by atoms with van der Waals surface area (Å²) in [6.07, 6.45) is 0. The van der Waals surface area contributed by atoms with E-state index >= 15 is 0 Å². The van der Waals surface area contributed by atoms with Crippen molar-refractivity contribution in [2.45, 2.75) is 6.92 Å². The van der Waals surface area contributed by atoms with E-state index in [-0.39, 0.29) is 5.90 Å². The van der Waals surface area contributed by atoms with Crippen LogP contribution in [0.4, 0.5) is 0 Å². The predicted molar refractivity (Wildman–Crippen MR) is 60.9 cm³/mol. The third-order valence-corrected chi connectivity index (χ3v) is 2.00. The van der Waals surface area contributed by atoms with E-state index in [1.807, 2.05) is 31.2 Å². The van der Waals surface area contributed by atoms with E-state index < -0.39 is 0 Å². The SMILES string of the molecule is C=C(OC)c1ccc(C(=N)OCC)cc1. The average molecular weight is 205 g/mol. The van der Waals surface area contributed by atoms with Crippen LogP contribution in [0.3, 0.4) is 0 Å². The summed E-state index contributed by atoms with van der Waals surface area (Å²) in [4.78, 5) is 0. The maximum absolute atomic E-state index is 7.58. The van der Waals surface area contributed by atoms with E-state index in [0.29, 0.717) is 12.4 Å². The first-order valence-electron chi connectivity index (χ1n) is 4.74. The Balaban J connectivity index is 2.80. The van der Waals surface area contributed by atoms with Crippen LogP contribution in [-0.2, 0) is 9.47 Å². The minimum Gasteiger partial charge on any atom is -0.497 e. The molecule has 0 atom stereocenters. The van der Waals surface area contributed by atoms with Gasteiger partial charge in [0, 0.05) is 11.1 Å². The molecule has 0 heterocycles. The second-order valence-electron chi connectivity index (χ2n) is 2.97. The highest BCUT2D eigenvalue weighted by Gasteiger charge is 2.03. The van der Waals surface area contributed by atoms with Gasteiger partial charge in [-0.25, -0.2) is 0 Å². The minimum absolute atomic E-state index is 0.187. The zero-order valence-electron chi connectivity index (χ0n) is 9.04. The second-order valence-corrected chi connectivity index (χ2v) is 2.97. The van der Waals surface area contributed by atoms with Crippen LogP contribution >= 0.6 is 0 Å². The molecule has 0 aromatic heterocycles. The van der Waals surface area contributed by atoms with Gasteiger partial charge in [0.05, 0.1) is 13.7 Å². The second kappa shape index (κ2) is 5.20. The lowest BCUT2D eigenvalue weighted by molar-refractivity contribution is 0.325. The fourth-order valence-electron chi connectivity index (χ4n) is 1.15. The molecular weight excluding hydrogens is 190 g/mol. The molecule has 1 aromatic carbocycles. The number of nitrogens with one attached hydrogen (secondary N) is 1. The van der Waals surface area contributed by atoms with Gasteiger partial charge in [-0.3, -0.25) is 5.41 Å². The number of benzene rings is 1. The third-order valence-electron chi connectivity index (χ3n) is 2.00. The molecule has 0 amide bonds. The van der Waals surface area contributed by atoms with Gasteiger partial charge in [-0.05, 0) is 19.1 Å². The normalized spacial score (nSPS) is 9.47. The molecule has 0 saturated heterocycles. The summed E-state index contributed by atoms with van der Waals surface area (Å²) in [7, 11) is 1.58. The molecule has 0 aliphatic rings. The number of rotatable bonds is 4. The molecule has 0 bridgehead atoms. The molecule has 0 spiro atoms. The van der Waals surface area contributed by atoms with Gasteiger partial charge < -0.3 is 9.47 Å². The smallest absolute Gasteiger partial charge is 0.213 e. The first kappa shape index (κ1) is 11.3. The van der Waals surface area contributed by atoms with Crippen LogP contribution in [0.1, 0.15) is 18.1 Å².